The zero-order valence-electron chi connectivity index (χ0n) is 20.4. The van der Waals surface area contributed by atoms with Crippen LogP contribution in [-0.4, -0.2) is 67.1 Å². The first-order valence-corrected chi connectivity index (χ1v) is 11.7. The Morgan fingerprint density at radius 2 is 1.94 bits per heavy atom. The number of aliphatic imine (C=N–C) groups is 2. The number of carbonyl (C=O) groups is 1. The van der Waals surface area contributed by atoms with Crippen LogP contribution >= 0.6 is 0 Å². The number of hydrogen-bond acceptors (Lipinski definition) is 7. The molecule has 0 bridgehead atoms. The highest BCUT2D eigenvalue weighted by Gasteiger charge is 2.42. The van der Waals surface area contributed by atoms with E-state index in [-0.39, 0.29) is 29.8 Å². The van der Waals surface area contributed by atoms with Crippen LogP contribution in [0.1, 0.15) is 39.2 Å². The number of aliphatic carboxylic acids is 1. The third-order valence-corrected chi connectivity index (χ3v) is 6.80. The number of carboxylic acids is 1. The fourth-order valence-electron chi connectivity index (χ4n) is 4.50. The Balaban J connectivity index is 1.62. The van der Waals surface area contributed by atoms with E-state index in [1.165, 1.54) is 19.2 Å². The topological polar surface area (TPSA) is 95.8 Å². The highest BCUT2D eigenvalue weighted by Crippen LogP contribution is 2.36. The molecule has 1 fully saturated rings. The highest BCUT2D eigenvalue weighted by molar-refractivity contribution is 5.97. The number of benzene rings is 1. The van der Waals surface area contributed by atoms with Gasteiger partial charge in [-0.05, 0) is 56.7 Å². The van der Waals surface area contributed by atoms with Gasteiger partial charge in [-0.1, -0.05) is 19.1 Å². The Morgan fingerprint density at radius 1 is 1.26 bits per heavy atom. The number of ether oxygens (including phenoxy) is 2. The molecule has 0 aliphatic carbocycles. The van der Waals surface area contributed by atoms with Gasteiger partial charge in [-0.25, -0.2) is 4.99 Å². The summed E-state index contributed by atoms with van der Waals surface area (Å²) >= 11 is 0. The average Bonchev–Trinajstić information content (AvgIpc) is 2.80. The monoisotopic (exact) mass is 498 g/mol. The Morgan fingerprint density at radius 3 is 2.54 bits per heavy atom. The molecule has 35 heavy (non-hydrogen) atoms. The van der Waals surface area contributed by atoms with E-state index in [9.17, 15) is 23.1 Å². The number of halogens is 3. The van der Waals surface area contributed by atoms with E-state index in [1.54, 1.807) is 26.0 Å². The number of methoxy groups -OCH3 is 1. The molecule has 11 heteroatoms. The Hall–Kier alpha value is -2.82. The molecule has 2 aliphatic heterocycles. The van der Waals surface area contributed by atoms with Gasteiger partial charge >= 0.3 is 18.4 Å². The summed E-state index contributed by atoms with van der Waals surface area (Å²) in [5, 5.41) is 13.0. The van der Waals surface area contributed by atoms with E-state index in [0.29, 0.717) is 25.3 Å². The van der Waals surface area contributed by atoms with Gasteiger partial charge in [0.2, 0.25) is 0 Å². The molecular weight excluding hydrogens is 465 g/mol. The first kappa shape index (κ1) is 26.8. The van der Waals surface area contributed by atoms with Crippen LogP contribution in [0.4, 0.5) is 13.2 Å². The second-order valence-electron chi connectivity index (χ2n) is 9.54. The highest BCUT2D eigenvalue weighted by atomic mass is 19.4. The van der Waals surface area contributed by atoms with Crippen molar-refractivity contribution in [2.75, 3.05) is 26.7 Å². The summed E-state index contributed by atoms with van der Waals surface area (Å²) in [6, 6.07) is 6.03. The molecule has 194 valence electrons. The van der Waals surface area contributed by atoms with Crippen LogP contribution in [0, 0.1) is 17.3 Å². The van der Waals surface area contributed by atoms with Gasteiger partial charge in [0.25, 0.3) is 0 Å². The first-order chi connectivity index (χ1) is 16.4. The minimum atomic E-state index is -4.72. The molecule has 0 radical (unpaired) electrons. The summed E-state index contributed by atoms with van der Waals surface area (Å²) in [5.41, 5.74) is 0.0169. The maximum Gasteiger partial charge on any atom is 0.573 e. The molecule has 3 atom stereocenters. The third kappa shape index (κ3) is 6.87. The number of piperidine rings is 1. The summed E-state index contributed by atoms with van der Waals surface area (Å²) < 4.78 is 46.2. The normalized spacial score (nSPS) is 23.8. The summed E-state index contributed by atoms with van der Waals surface area (Å²) in [7, 11) is 1.50. The Bertz CT molecular complexity index is 947. The standard InChI is InChI=1S/C24H33F3N4O4/c1-15-19(28-12-11-16-7-9-18(10-8-16)35-24(25,26)27)29-22(34-4)30-20(15)31-13-5-6-17(14-31)23(2,3)21(32)33/h7-10,15,17,20H,5-6,11-14H2,1-4H3,(H,32,33)(H,28,29,30). The van der Waals surface area contributed by atoms with Crippen molar-refractivity contribution in [1.82, 2.24) is 10.2 Å². The molecule has 3 rings (SSSR count). The minimum absolute atomic E-state index is 0.00159. The van der Waals surface area contributed by atoms with E-state index < -0.39 is 17.7 Å². The number of carboxylic acid groups (broad SMARTS) is 1. The molecule has 2 aliphatic rings. The fraction of sp³-hybridized carbons (Fsp3) is 0.625. The van der Waals surface area contributed by atoms with E-state index in [2.05, 4.69) is 24.9 Å². The smallest absolute Gasteiger partial charge is 0.481 e. The molecule has 2 heterocycles. The van der Waals surface area contributed by atoms with E-state index in [4.69, 9.17) is 4.74 Å². The van der Waals surface area contributed by atoms with Gasteiger partial charge in [-0.2, -0.15) is 4.99 Å². The van der Waals surface area contributed by atoms with Crippen molar-refractivity contribution in [2.45, 2.75) is 52.6 Å². The lowest BCUT2D eigenvalue weighted by Gasteiger charge is -2.43. The molecule has 0 amide bonds. The average molecular weight is 499 g/mol. The van der Waals surface area contributed by atoms with Crippen molar-refractivity contribution < 1.29 is 32.5 Å². The molecular formula is C24H33F3N4O4. The van der Waals surface area contributed by atoms with Crippen LogP contribution in [0.2, 0.25) is 0 Å². The number of likely N-dealkylation sites (tertiary alicyclic amines) is 1. The number of nitrogens with zero attached hydrogens (tertiary/aromatic N) is 3. The molecule has 0 saturated carbocycles. The first-order valence-electron chi connectivity index (χ1n) is 11.7. The predicted molar refractivity (Wildman–Crippen MR) is 125 cm³/mol. The number of nitrogens with one attached hydrogen (secondary N) is 1. The molecule has 8 nitrogen and oxygen atoms in total. The summed E-state index contributed by atoms with van der Waals surface area (Å²) in [4.78, 5) is 23.1. The lowest BCUT2D eigenvalue weighted by Crippen LogP contribution is -2.53. The van der Waals surface area contributed by atoms with Gasteiger partial charge in [0.1, 0.15) is 17.8 Å². The fourth-order valence-corrected chi connectivity index (χ4v) is 4.50. The molecule has 1 aromatic carbocycles. The van der Waals surface area contributed by atoms with Gasteiger partial charge in [-0.15, -0.1) is 13.2 Å². The van der Waals surface area contributed by atoms with Crippen LogP contribution in [0.15, 0.2) is 34.3 Å². The van der Waals surface area contributed by atoms with Crippen LogP contribution in [0.5, 0.6) is 5.75 Å². The SMILES string of the molecule is COC1=NC(N2CCCC(C(C)(C)C(=O)O)C2)C(C)C(NCCc2ccc(OC(F)(F)F)cc2)=N1. The van der Waals surface area contributed by atoms with Gasteiger partial charge in [0, 0.05) is 19.6 Å². The second kappa shape index (κ2) is 10.8. The lowest BCUT2D eigenvalue weighted by atomic mass is 9.74. The zero-order valence-corrected chi connectivity index (χ0v) is 20.4. The molecule has 3 unspecified atom stereocenters. The van der Waals surface area contributed by atoms with E-state index >= 15 is 0 Å². The van der Waals surface area contributed by atoms with Gasteiger partial charge in [0.05, 0.1) is 18.4 Å². The summed E-state index contributed by atoms with van der Waals surface area (Å²) in [5.74, 6) is -0.429. The van der Waals surface area contributed by atoms with Crippen molar-refractivity contribution >= 4 is 17.8 Å². The predicted octanol–water partition coefficient (Wildman–Crippen LogP) is 3.92. The van der Waals surface area contributed by atoms with Crippen molar-refractivity contribution in [2.24, 2.45) is 27.2 Å². The lowest BCUT2D eigenvalue weighted by molar-refractivity contribution is -0.274. The van der Waals surface area contributed by atoms with Gasteiger partial charge in [0.15, 0.2) is 0 Å². The van der Waals surface area contributed by atoms with Crippen LogP contribution in [0.3, 0.4) is 0 Å². The second-order valence-corrected chi connectivity index (χ2v) is 9.54. The van der Waals surface area contributed by atoms with E-state index in [1.807, 2.05) is 6.92 Å². The number of rotatable bonds is 7. The molecule has 1 aromatic rings. The van der Waals surface area contributed by atoms with Crippen LogP contribution < -0.4 is 10.1 Å². The molecule has 0 aromatic heterocycles. The van der Waals surface area contributed by atoms with Crippen LogP contribution in [0.25, 0.3) is 0 Å². The van der Waals surface area contributed by atoms with Crippen molar-refractivity contribution in [1.29, 1.82) is 0 Å². The maximum absolute atomic E-state index is 12.3. The van der Waals surface area contributed by atoms with Crippen molar-refractivity contribution in [3.63, 3.8) is 0 Å². The number of amidine groups is 2. The van der Waals surface area contributed by atoms with Crippen molar-refractivity contribution in [3.05, 3.63) is 29.8 Å². The van der Waals surface area contributed by atoms with Crippen LogP contribution in [-0.2, 0) is 16.0 Å². The van der Waals surface area contributed by atoms with Gasteiger partial charge < -0.3 is 19.9 Å². The molecule has 2 N–H and O–H groups in total. The zero-order chi connectivity index (χ0) is 25.8. The third-order valence-electron chi connectivity index (χ3n) is 6.80. The Labute approximate surface area is 203 Å². The van der Waals surface area contributed by atoms with Crippen molar-refractivity contribution in [3.8, 4) is 5.75 Å². The van der Waals surface area contributed by atoms with Gasteiger partial charge in [-0.3, -0.25) is 9.69 Å². The molecule has 1 saturated heterocycles. The summed E-state index contributed by atoms with van der Waals surface area (Å²) in [6.07, 6.45) is -2.65. The molecule has 0 spiro atoms. The Kier molecular flexibility index (Phi) is 8.30. The largest absolute Gasteiger partial charge is 0.573 e. The number of alkyl halides is 3. The van der Waals surface area contributed by atoms with E-state index in [0.717, 1.165) is 24.9 Å². The number of hydrogen-bond donors (Lipinski definition) is 2. The quantitative estimate of drug-likeness (QED) is 0.592. The minimum Gasteiger partial charge on any atom is -0.481 e. The maximum atomic E-state index is 12.3. The summed E-state index contributed by atoms with van der Waals surface area (Å²) in [6.45, 7) is 7.50.